The number of amides is 2. The van der Waals surface area contributed by atoms with Crippen LogP contribution in [0.2, 0.25) is 0 Å². The Morgan fingerprint density at radius 3 is 2.19 bits per heavy atom. The van der Waals surface area contributed by atoms with Crippen LogP contribution in [0.1, 0.15) is 63.6 Å². The topological polar surface area (TPSA) is 58.2 Å². The summed E-state index contributed by atoms with van der Waals surface area (Å²) in [6, 6.07) is 13.7. The van der Waals surface area contributed by atoms with E-state index in [-0.39, 0.29) is 29.6 Å². The molecule has 2 aromatic carbocycles. The molecule has 4 nitrogen and oxygen atoms in total. The molecule has 0 aromatic heterocycles. The van der Waals surface area contributed by atoms with E-state index in [0.29, 0.717) is 0 Å². The van der Waals surface area contributed by atoms with Crippen molar-refractivity contribution in [2.75, 3.05) is 10.6 Å². The molecule has 0 aliphatic carbocycles. The van der Waals surface area contributed by atoms with Crippen LogP contribution in [-0.2, 0) is 15.0 Å². The van der Waals surface area contributed by atoms with Gasteiger partial charge in [0.15, 0.2) is 0 Å². The molecule has 4 heteroatoms. The number of aryl methyl sites for hydroxylation is 1. The van der Waals surface area contributed by atoms with Crippen molar-refractivity contribution in [1.82, 2.24) is 0 Å². The van der Waals surface area contributed by atoms with E-state index in [2.05, 4.69) is 45.3 Å². The first-order valence-corrected chi connectivity index (χ1v) is 9.38. The molecule has 0 aliphatic heterocycles. The fourth-order valence-corrected chi connectivity index (χ4v) is 3.11. The van der Waals surface area contributed by atoms with E-state index < -0.39 is 0 Å². The molecule has 0 bridgehead atoms. The number of rotatable bonds is 5. The maximum absolute atomic E-state index is 12.5. The fourth-order valence-electron chi connectivity index (χ4n) is 3.11. The van der Waals surface area contributed by atoms with E-state index in [1.54, 1.807) is 0 Å². The minimum atomic E-state index is -0.316. The molecule has 2 aromatic rings. The Labute approximate surface area is 162 Å². The summed E-state index contributed by atoms with van der Waals surface area (Å²) in [5.74, 6) is -0.339. The molecule has 2 amide bonds. The molecule has 0 spiro atoms. The summed E-state index contributed by atoms with van der Waals surface area (Å²) in [7, 11) is 0. The summed E-state index contributed by atoms with van der Waals surface area (Å²) in [5, 5.41) is 5.81. The lowest BCUT2D eigenvalue weighted by molar-refractivity contribution is -0.123. The predicted octanol–water partition coefficient (Wildman–Crippen LogP) is 5.38. The predicted molar refractivity (Wildman–Crippen MR) is 112 cm³/mol. The highest BCUT2D eigenvalue weighted by Crippen LogP contribution is 2.30. The quantitative estimate of drug-likeness (QED) is 0.698. The molecule has 0 saturated carbocycles. The highest BCUT2D eigenvalue weighted by atomic mass is 16.2. The van der Waals surface area contributed by atoms with Crippen LogP contribution in [0.15, 0.2) is 42.5 Å². The van der Waals surface area contributed by atoms with Gasteiger partial charge in [-0.1, -0.05) is 71.0 Å². The van der Waals surface area contributed by atoms with Crippen LogP contribution in [0.5, 0.6) is 0 Å². The summed E-state index contributed by atoms with van der Waals surface area (Å²) < 4.78 is 0. The van der Waals surface area contributed by atoms with Gasteiger partial charge in [0.05, 0.1) is 0 Å². The molecule has 0 aliphatic rings. The smallest absolute Gasteiger partial charge is 0.233 e. The molecule has 0 atom stereocenters. The number of benzene rings is 2. The van der Waals surface area contributed by atoms with Crippen LogP contribution in [0.4, 0.5) is 11.4 Å². The number of hydrogen-bond acceptors (Lipinski definition) is 2. The zero-order valence-electron chi connectivity index (χ0n) is 17.1. The van der Waals surface area contributed by atoms with Crippen LogP contribution >= 0.6 is 0 Å². The minimum Gasteiger partial charge on any atom is -0.325 e. The van der Waals surface area contributed by atoms with Gasteiger partial charge in [-0.3, -0.25) is 9.59 Å². The van der Waals surface area contributed by atoms with Crippen LogP contribution in [-0.4, -0.2) is 11.8 Å². The number of nitrogens with one attached hydrogen (secondary N) is 2. The Morgan fingerprint density at radius 2 is 1.56 bits per heavy atom. The molecule has 0 radical (unpaired) electrons. The second-order valence-electron chi connectivity index (χ2n) is 8.26. The van der Waals surface area contributed by atoms with E-state index in [0.717, 1.165) is 28.1 Å². The highest BCUT2D eigenvalue weighted by molar-refractivity contribution is 6.08. The van der Waals surface area contributed by atoms with Crippen LogP contribution in [0, 0.1) is 6.92 Å². The maximum atomic E-state index is 12.5. The van der Waals surface area contributed by atoms with E-state index >= 15 is 0 Å². The van der Waals surface area contributed by atoms with Gasteiger partial charge in [-0.05, 0) is 41.0 Å². The van der Waals surface area contributed by atoms with Gasteiger partial charge in [-0.15, -0.1) is 0 Å². The summed E-state index contributed by atoms with van der Waals surface area (Å²) in [4.78, 5) is 24.9. The van der Waals surface area contributed by atoms with Crippen molar-refractivity contribution in [2.45, 2.75) is 59.3 Å². The average molecular weight is 367 g/mol. The van der Waals surface area contributed by atoms with Crippen molar-refractivity contribution in [3.63, 3.8) is 0 Å². The number of carbonyl (C=O) groups excluding carboxylic acids is 2. The Balaban J connectivity index is 2.09. The third-order valence-corrected chi connectivity index (χ3v) is 4.52. The Kier molecular flexibility index (Phi) is 6.42. The summed E-state index contributed by atoms with van der Waals surface area (Å²) in [6.07, 6.45) is -0.218. The molecule has 2 N–H and O–H groups in total. The van der Waals surface area contributed by atoms with Gasteiger partial charge in [-0.2, -0.15) is 0 Å². The highest BCUT2D eigenvalue weighted by Gasteiger charge is 2.20. The van der Waals surface area contributed by atoms with Crippen molar-refractivity contribution in [1.29, 1.82) is 0 Å². The monoisotopic (exact) mass is 366 g/mol. The van der Waals surface area contributed by atoms with E-state index in [1.165, 1.54) is 0 Å². The Bertz CT molecular complexity index is 833. The first-order valence-electron chi connectivity index (χ1n) is 9.38. The second-order valence-corrected chi connectivity index (χ2v) is 8.26. The Morgan fingerprint density at radius 1 is 0.926 bits per heavy atom. The second kappa shape index (κ2) is 8.38. The minimum absolute atomic E-state index is 0.0978. The molecule has 0 heterocycles. The van der Waals surface area contributed by atoms with E-state index in [9.17, 15) is 9.59 Å². The van der Waals surface area contributed by atoms with E-state index in [1.807, 2.05) is 49.4 Å². The van der Waals surface area contributed by atoms with Crippen LogP contribution in [0.25, 0.3) is 0 Å². The van der Waals surface area contributed by atoms with Gasteiger partial charge >= 0.3 is 0 Å². The van der Waals surface area contributed by atoms with Crippen molar-refractivity contribution < 1.29 is 9.59 Å². The van der Waals surface area contributed by atoms with Gasteiger partial charge in [0, 0.05) is 11.4 Å². The average Bonchev–Trinajstić information content (AvgIpc) is 2.55. The molecular weight excluding hydrogens is 336 g/mol. The third-order valence-electron chi connectivity index (χ3n) is 4.52. The van der Waals surface area contributed by atoms with Crippen molar-refractivity contribution >= 4 is 23.2 Å². The van der Waals surface area contributed by atoms with Gasteiger partial charge < -0.3 is 10.6 Å². The van der Waals surface area contributed by atoms with Crippen LogP contribution in [0.3, 0.4) is 0 Å². The first kappa shape index (κ1) is 20.7. The number of anilines is 2. The summed E-state index contributed by atoms with van der Waals surface area (Å²) in [6.45, 7) is 12.4. The largest absolute Gasteiger partial charge is 0.325 e. The van der Waals surface area contributed by atoms with Crippen molar-refractivity contribution in [3.8, 4) is 0 Å². The lowest BCUT2D eigenvalue weighted by atomic mass is 9.86. The van der Waals surface area contributed by atoms with E-state index in [4.69, 9.17) is 0 Å². The molecule has 0 saturated heterocycles. The SMILES string of the molecule is Cc1cccc(C(C)C)c1NC(=O)CC(=O)Nc1ccccc1C(C)(C)C. The standard InChI is InChI=1S/C23H30N2O2/c1-15(2)17-11-9-10-16(3)22(17)25-21(27)14-20(26)24-19-13-8-7-12-18(19)23(4,5)6/h7-13,15H,14H2,1-6H3,(H,24,26)(H,25,27). The molecular formula is C23H30N2O2. The molecule has 0 fully saturated rings. The van der Waals surface area contributed by atoms with Gasteiger partial charge in [-0.25, -0.2) is 0 Å². The number of carbonyl (C=O) groups is 2. The van der Waals surface area contributed by atoms with Crippen molar-refractivity contribution in [3.05, 3.63) is 59.2 Å². The lowest BCUT2D eigenvalue weighted by Gasteiger charge is -2.23. The normalized spacial score (nSPS) is 11.4. The van der Waals surface area contributed by atoms with Crippen LogP contribution < -0.4 is 10.6 Å². The number of para-hydroxylation sites is 2. The molecule has 144 valence electrons. The maximum Gasteiger partial charge on any atom is 0.233 e. The lowest BCUT2D eigenvalue weighted by Crippen LogP contribution is -2.24. The molecule has 2 rings (SSSR count). The summed E-state index contributed by atoms with van der Waals surface area (Å²) >= 11 is 0. The third kappa shape index (κ3) is 5.43. The van der Waals surface area contributed by atoms with Gasteiger partial charge in [0.25, 0.3) is 0 Å². The zero-order chi connectivity index (χ0) is 20.2. The summed E-state index contributed by atoms with van der Waals surface area (Å²) in [5.41, 5.74) is 4.57. The fraction of sp³-hybridized carbons (Fsp3) is 0.391. The number of hydrogen-bond donors (Lipinski definition) is 2. The van der Waals surface area contributed by atoms with Crippen molar-refractivity contribution in [2.24, 2.45) is 0 Å². The molecule has 27 heavy (non-hydrogen) atoms. The molecule has 0 unspecified atom stereocenters. The zero-order valence-corrected chi connectivity index (χ0v) is 17.1. The van der Waals surface area contributed by atoms with Gasteiger partial charge in [0.1, 0.15) is 6.42 Å². The van der Waals surface area contributed by atoms with Gasteiger partial charge in [0.2, 0.25) is 11.8 Å². The first-order chi connectivity index (χ1) is 12.6. The Hall–Kier alpha value is -2.62.